The Morgan fingerprint density at radius 3 is 2.54 bits per heavy atom. The SMILES string of the molecule is CS(=O)(=O)c1ccc(Nc2cc(-c3cccc(Cl)c3)nc3c(Br)cnn23)cc1. The molecule has 6 nitrogen and oxygen atoms in total. The van der Waals surface area contributed by atoms with E-state index < -0.39 is 9.84 Å². The monoisotopic (exact) mass is 476 g/mol. The highest BCUT2D eigenvalue weighted by molar-refractivity contribution is 9.10. The van der Waals surface area contributed by atoms with E-state index in [1.165, 1.54) is 6.26 Å². The van der Waals surface area contributed by atoms with Crippen LogP contribution >= 0.6 is 27.5 Å². The summed E-state index contributed by atoms with van der Waals surface area (Å²) in [4.78, 5) is 4.93. The third-order valence-corrected chi connectivity index (χ3v) is 6.03. The Hall–Kier alpha value is -2.42. The van der Waals surface area contributed by atoms with E-state index in [4.69, 9.17) is 11.6 Å². The van der Waals surface area contributed by atoms with Gasteiger partial charge in [-0.15, -0.1) is 0 Å². The lowest BCUT2D eigenvalue weighted by molar-refractivity contribution is 0.602. The van der Waals surface area contributed by atoms with Crippen LogP contribution in [0.5, 0.6) is 0 Å². The molecule has 28 heavy (non-hydrogen) atoms. The largest absolute Gasteiger partial charge is 0.340 e. The number of benzene rings is 2. The van der Waals surface area contributed by atoms with Crippen molar-refractivity contribution in [2.24, 2.45) is 0 Å². The fraction of sp³-hybridized carbons (Fsp3) is 0.0526. The van der Waals surface area contributed by atoms with E-state index in [0.29, 0.717) is 16.5 Å². The van der Waals surface area contributed by atoms with Crippen molar-refractivity contribution in [1.82, 2.24) is 14.6 Å². The lowest BCUT2D eigenvalue weighted by Crippen LogP contribution is -2.03. The number of sulfone groups is 1. The number of anilines is 2. The fourth-order valence-electron chi connectivity index (χ4n) is 2.75. The first-order chi connectivity index (χ1) is 13.3. The van der Waals surface area contributed by atoms with Gasteiger partial charge in [-0.25, -0.2) is 13.4 Å². The van der Waals surface area contributed by atoms with Gasteiger partial charge >= 0.3 is 0 Å². The normalized spacial score (nSPS) is 11.7. The zero-order chi connectivity index (χ0) is 19.9. The van der Waals surface area contributed by atoms with Crippen molar-refractivity contribution in [2.45, 2.75) is 4.90 Å². The maximum Gasteiger partial charge on any atom is 0.175 e. The van der Waals surface area contributed by atoms with E-state index in [0.717, 1.165) is 21.4 Å². The van der Waals surface area contributed by atoms with Crippen molar-refractivity contribution in [3.8, 4) is 11.3 Å². The molecule has 0 amide bonds. The van der Waals surface area contributed by atoms with Crippen LogP contribution in [0.4, 0.5) is 11.5 Å². The van der Waals surface area contributed by atoms with Gasteiger partial charge in [0.2, 0.25) is 0 Å². The Balaban J connectivity index is 1.80. The molecule has 0 bridgehead atoms. The van der Waals surface area contributed by atoms with Crippen LogP contribution in [-0.2, 0) is 9.84 Å². The second kappa shape index (κ2) is 7.20. The third kappa shape index (κ3) is 3.76. The molecule has 0 unspecified atom stereocenters. The predicted octanol–water partition coefficient (Wildman–Crippen LogP) is 4.96. The van der Waals surface area contributed by atoms with E-state index >= 15 is 0 Å². The number of hydrogen-bond acceptors (Lipinski definition) is 5. The first-order valence-corrected chi connectivity index (χ1v) is 11.2. The van der Waals surface area contributed by atoms with Crippen LogP contribution < -0.4 is 5.32 Å². The minimum absolute atomic E-state index is 0.263. The van der Waals surface area contributed by atoms with Gasteiger partial charge in [0.05, 0.1) is 21.3 Å². The van der Waals surface area contributed by atoms with Gasteiger partial charge in [0.15, 0.2) is 15.5 Å². The number of nitrogens with zero attached hydrogens (tertiary/aromatic N) is 3. The van der Waals surface area contributed by atoms with Crippen LogP contribution in [0.15, 0.2) is 70.2 Å². The molecule has 0 aliphatic rings. The van der Waals surface area contributed by atoms with Crippen LogP contribution in [0.25, 0.3) is 16.9 Å². The van der Waals surface area contributed by atoms with Crippen molar-refractivity contribution < 1.29 is 8.42 Å². The summed E-state index contributed by atoms with van der Waals surface area (Å²) in [7, 11) is -3.24. The molecular formula is C19H14BrClN4O2S. The first-order valence-electron chi connectivity index (χ1n) is 8.19. The summed E-state index contributed by atoms with van der Waals surface area (Å²) in [6.07, 6.45) is 2.85. The second-order valence-corrected chi connectivity index (χ2v) is 9.49. The van der Waals surface area contributed by atoms with Crippen molar-refractivity contribution in [1.29, 1.82) is 0 Å². The first kappa shape index (κ1) is 18.9. The summed E-state index contributed by atoms with van der Waals surface area (Å²) < 4.78 is 25.7. The van der Waals surface area contributed by atoms with Crippen molar-refractivity contribution in [3.63, 3.8) is 0 Å². The van der Waals surface area contributed by atoms with Crippen molar-refractivity contribution in [2.75, 3.05) is 11.6 Å². The Kier molecular flexibility index (Phi) is 4.86. The number of fused-ring (bicyclic) bond motifs is 1. The van der Waals surface area contributed by atoms with E-state index in [9.17, 15) is 8.42 Å². The van der Waals surface area contributed by atoms with Crippen LogP contribution in [-0.4, -0.2) is 29.3 Å². The standard InChI is InChI=1S/C19H14BrClN4O2S/c1-28(26,27)15-7-5-14(6-8-15)23-18-10-17(12-3-2-4-13(21)9-12)24-19-16(20)11-22-25(18)19/h2-11,23H,1H3. The van der Waals surface area contributed by atoms with Gasteiger partial charge < -0.3 is 5.32 Å². The summed E-state index contributed by atoms with van der Waals surface area (Å²) >= 11 is 9.60. The molecule has 0 spiro atoms. The van der Waals surface area contributed by atoms with Gasteiger partial charge in [0, 0.05) is 28.6 Å². The minimum atomic E-state index is -3.24. The van der Waals surface area contributed by atoms with Crippen molar-refractivity contribution in [3.05, 3.63) is 70.3 Å². The maximum atomic E-state index is 11.7. The molecule has 4 aromatic rings. The number of rotatable bonds is 4. The topological polar surface area (TPSA) is 76.4 Å². The van der Waals surface area contributed by atoms with Gasteiger partial charge in [0.25, 0.3) is 0 Å². The summed E-state index contributed by atoms with van der Waals surface area (Å²) in [5.74, 6) is 0.679. The molecule has 2 aromatic heterocycles. The minimum Gasteiger partial charge on any atom is -0.340 e. The molecule has 1 N–H and O–H groups in total. The molecule has 2 aromatic carbocycles. The molecule has 142 valence electrons. The molecule has 2 heterocycles. The zero-order valence-electron chi connectivity index (χ0n) is 14.6. The van der Waals surface area contributed by atoms with E-state index in [1.54, 1.807) is 41.0 Å². The Morgan fingerprint density at radius 2 is 1.86 bits per heavy atom. The molecule has 0 radical (unpaired) electrons. The Labute approximate surface area is 175 Å². The maximum absolute atomic E-state index is 11.7. The van der Waals surface area contributed by atoms with Gasteiger partial charge in [-0.3, -0.25) is 0 Å². The van der Waals surface area contributed by atoms with E-state index in [2.05, 4.69) is 31.3 Å². The predicted molar refractivity (Wildman–Crippen MR) is 114 cm³/mol. The van der Waals surface area contributed by atoms with Gasteiger partial charge in [-0.2, -0.15) is 9.61 Å². The molecule has 0 fully saturated rings. The van der Waals surface area contributed by atoms with Gasteiger partial charge in [-0.1, -0.05) is 23.7 Å². The fourth-order valence-corrected chi connectivity index (χ4v) is 3.92. The highest BCUT2D eigenvalue weighted by Crippen LogP contribution is 2.29. The van der Waals surface area contributed by atoms with E-state index in [-0.39, 0.29) is 4.90 Å². The molecular weight excluding hydrogens is 464 g/mol. The van der Waals surface area contributed by atoms with Crippen LogP contribution in [0.1, 0.15) is 0 Å². The number of hydrogen-bond donors (Lipinski definition) is 1. The number of aromatic nitrogens is 3. The number of halogens is 2. The van der Waals surface area contributed by atoms with Gasteiger partial charge in [-0.05, 0) is 52.3 Å². The smallest absolute Gasteiger partial charge is 0.175 e. The molecule has 0 aliphatic carbocycles. The van der Waals surface area contributed by atoms with E-state index in [1.807, 2.05) is 24.3 Å². The second-order valence-electron chi connectivity index (χ2n) is 6.19. The quantitative estimate of drug-likeness (QED) is 0.449. The molecule has 9 heteroatoms. The average molecular weight is 478 g/mol. The lowest BCUT2D eigenvalue weighted by Gasteiger charge is -2.11. The Bertz CT molecular complexity index is 1290. The van der Waals surface area contributed by atoms with Crippen LogP contribution in [0.3, 0.4) is 0 Å². The molecule has 4 rings (SSSR count). The van der Waals surface area contributed by atoms with Crippen LogP contribution in [0, 0.1) is 0 Å². The summed E-state index contributed by atoms with van der Waals surface area (Å²) in [5, 5.41) is 8.24. The van der Waals surface area contributed by atoms with Crippen molar-refractivity contribution >= 4 is 54.5 Å². The summed E-state index contributed by atoms with van der Waals surface area (Å²) in [6.45, 7) is 0. The van der Waals surface area contributed by atoms with Crippen LogP contribution in [0.2, 0.25) is 5.02 Å². The molecule has 0 atom stereocenters. The highest BCUT2D eigenvalue weighted by Gasteiger charge is 2.13. The zero-order valence-corrected chi connectivity index (χ0v) is 17.8. The summed E-state index contributed by atoms with van der Waals surface area (Å²) in [6, 6.07) is 15.9. The highest BCUT2D eigenvalue weighted by atomic mass is 79.9. The molecule has 0 aliphatic heterocycles. The third-order valence-electron chi connectivity index (χ3n) is 4.10. The lowest BCUT2D eigenvalue weighted by atomic mass is 10.1. The molecule has 0 saturated heterocycles. The number of nitrogens with one attached hydrogen (secondary N) is 1. The van der Waals surface area contributed by atoms with Gasteiger partial charge in [0.1, 0.15) is 5.82 Å². The summed E-state index contributed by atoms with van der Waals surface area (Å²) in [5.41, 5.74) is 2.97. The molecule has 0 saturated carbocycles. The Morgan fingerprint density at radius 1 is 1.11 bits per heavy atom. The average Bonchev–Trinajstić information content (AvgIpc) is 3.03.